The van der Waals surface area contributed by atoms with Crippen molar-refractivity contribution in [2.75, 3.05) is 26.9 Å². The van der Waals surface area contributed by atoms with E-state index in [1.165, 1.54) is 7.11 Å². The highest BCUT2D eigenvalue weighted by Crippen LogP contribution is 2.35. The first-order valence-electron chi connectivity index (χ1n) is 5.88. The van der Waals surface area contributed by atoms with E-state index in [1.807, 2.05) is 19.1 Å². The minimum absolute atomic E-state index is 0.199. The highest BCUT2D eigenvalue weighted by molar-refractivity contribution is 5.71. The molecule has 1 heterocycles. The monoisotopic (exact) mass is 251 g/mol. The molecule has 1 aliphatic heterocycles. The van der Waals surface area contributed by atoms with Gasteiger partial charge in [0.2, 0.25) is 0 Å². The Morgan fingerprint density at radius 2 is 2.17 bits per heavy atom. The largest absolute Gasteiger partial charge is 0.486 e. The Morgan fingerprint density at radius 1 is 1.39 bits per heavy atom. The van der Waals surface area contributed by atoms with Gasteiger partial charge in [-0.1, -0.05) is 6.07 Å². The topological polar surface area (TPSA) is 56.8 Å². The summed E-state index contributed by atoms with van der Waals surface area (Å²) in [6.07, 6.45) is 0. The molecule has 0 spiro atoms. The van der Waals surface area contributed by atoms with E-state index < -0.39 is 0 Å². The number of esters is 1. The van der Waals surface area contributed by atoms with Gasteiger partial charge in [0, 0.05) is 6.54 Å². The van der Waals surface area contributed by atoms with E-state index in [-0.39, 0.29) is 12.5 Å². The Kier molecular flexibility index (Phi) is 4.04. The molecule has 0 aliphatic carbocycles. The van der Waals surface area contributed by atoms with Crippen LogP contribution in [0.1, 0.15) is 11.1 Å². The maximum absolute atomic E-state index is 11.0. The number of carbonyl (C=O) groups is 1. The molecule has 0 bridgehead atoms. The maximum Gasteiger partial charge on any atom is 0.319 e. The van der Waals surface area contributed by atoms with Gasteiger partial charge in [-0.05, 0) is 24.1 Å². The first-order chi connectivity index (χ1) is 8.72. The molecular weight excluding hydrogens is 234 g/mol. The molecule has 1 aromatic rings. The van der Waals surface area contributed by atoms with E-state index in [0.717, 1.165) is 22.6 Å². The predicted molar refractivity (Wildman–Crippen MR) is 65.9 cm³/mol. The second-order valence-corrected chi connectivity index (χ2v) is 4.05. The molecule has 0 unspecified atom stereocenters. The van der Waals surface area contributed by atoms with Crippen LogP contribution in [0.5, 0.6) is 11.5 Å². The Labute approximate surface area is 106 Å². The molecule has 0 saturated heterocycles. The average molecular weight is 251 g/mol. The highest BCUT2D eigenvalue weighted by Gasteiger charge is 2.16. The smallest absolute Gasteiger partial charge is 0.319 e. The molecule has 0 radical (unpaired) electrons. The number of hydrogen-bond donors (Lipinski definition) is 1. The second-order valence-electron chi connectivity index (χ2n) is 4.05. The van der Waals surface area contributed by atoms with Crippen LogP contribution in [0, 0.1) is 6.92 Å². The number of rotatable bonds is 4. The first kappa shape index (κ1) is 12.7. The lowest BCUT2D eigenvalue weighted by molar-refractivity contribution is -0.139. The minimum Gasteiger partial charge on any atom is -0.486 e. The van der Waals surface area contributed by atoms with Crippen molar-refractivity contribution in [1.82, 2.24) is 5.32 Å². The third kappa shape index (κ3) is 2.73. The highest BCUT2D eigenvalue weighted by atomic mass is 16.6. The van der Waals surface area contributed by atoms with Gasteiger partial charge in [-0.3, -0.25) is 4.79 Å². The fourth-order valence-electron chi connectivity index (χ4n) is 1.86. The molecule has 0 amide bonds. The van der Waals surface area contributed by atoms with Crippen molar-refractivity contribution in [2.45, 2.75) is 13.5 Å². The van der Waals surface area contributed by atoms with Gasteiger partial charge in [0.1, 0.15) is 13.2 Å². The van der Waals surface area contributed by atoms with Crippen LogP contribution in [0.2, 0.25) is 0 Å². The van der Waals surface area contributed by atoms with Gasteiger partial charge in [-0.25, -0.2) is 0 Å². The Balaban J connectivity index is 2.03. The third-order valence-corrected chi connectivity index (χ3v) is 2.88. The van der Waals surface area contributed by atoms with Gasteiger partial charge in [0.25, 0.3) is 0 Å². The Morgan fingerprint density at radius 3 is 2.94 bits per heavy atom. The molecule has 98 valence electrons. The van der Waals surface area contributed by atoms with Gasteiger partial charge in [-0.2, -0.15) is 0 Å². The van der Waals surface area contributed by atoms with E-state index in [2.05, 4.69) is 10.1 Å². The van der Waals surface area contributed by atoms with Crippen LogP contribution in [0.3, 0.4) is 0 Å². The summed E-state index contributed by atoms with van der Waals surface area (Å²) >= 11 is 0. The molecule has 0 aromatic heterocycles. The molecule has 1 aliphatic rings. The van der Waals surface area contributed by atoms with Gasteiger partial charge in [0.05, 0.1) is 13.7 Å². The summed E-state index contributed by atoms with van der Waals surface area (Å²) in [7, 11) is 1.37. The minimum atomic E-state index is -0.273. The number of nitrogens with one attached hydrogen (secondary N) is 1. The maximum atomic E-state index is 11.0. The SMILES string of the molecule is COC(=O)CNCc1ccc2c(c1C)OCCO2. The molecule has 0 saturated carbocycles. The lowest BCUT2D eigenvalue weighted by Crippen LogP contribution is -2.24. The van der Waals surface area contributed by atoms with Crippen LogP contribution in [0.4, 0.5) is 0 Å². The van der Waals surface area contributed by atoms with Crippen molar-refractivity contribution >= 4 is 5.97 Å². The van der Waals surface area contributed by atoms with E-state index in [0.29, 0.717) is 19.8 Å². The number of benzene rings is 1. The summed E-state index contributed by atoms with van der Waals surface area (Å²) < 4.78 is 15.7. The van der Waals surface area contributed by atoms with Gasteiger partial charge in [-0.15, -0.1) is 0 Å². The molecule has 0 atom stereocenters. The van der Waals surface area contributed by atoms with Crippen LogP contribution in [0.25, 0.3) is 0 Å². The van der Waals surface area contributed by atoms with Gasteiger partial charge < -0.3 is 19.5 Å². The lowest BCUT2D eigenvalue weighted by Gasteiger charge is -2.21. The van der Waals surface area contributed by atoms with Crippen molar-refractivity contribution in [3.63, 3.8) is 0 Å². The van der Waals surface area contributed by atoms with E-state index in [9.17, 15) is 4.79 Å². The van der Waals surface area contributed by atoms with Crippen molar-refractivity contribution < 1.29 is 19.0 Å². The van der Waals surface area contributed by atoms with Crippen molar-refractivity contribution in [3.05, 3.63) is 23.3 Å². The van der Waals surface area contributed by atoms with Crippen molar-refractivity contribution in [3.8, 4) is 11.5 Å². The predicted octanol–water partition coefficient (Wildman–Crippen LogP) is 1.03. The zero-order chi connectivity index (χ0) is 13.0. The molecule has 1 aromatic carbocycles. The van der Waals surface area contributed by atoms with Crippen LogP contribution in [0.15, 0.2) is 12.1 Å². The number of ether oxygens (including phenoxy) is 3. The van der Waals surface area contributed by atoms with Gasteiger partial charge in [0.15, 0.2) is 11.5 Å². The molecular formula is C13H17NO4. The van der Waals surface area contributed by atoms with Crippen LogP contribution in [-0.4, -0.2) is 32.8 Å². The summed E-state index contributed by atoms with van der Waals surface area (Å²) in [5, 5.41) is 3.03. The summed E-state index contributed by atoms with van der Waals surface area (Å²) in [6.45, 7) is 3.95. The van der Waals surface area contributed by atoms with Gasteiger partial charge >= 0.3 is 5.97 Å². The summed E-state index contributed by atoms with van der Waals surface area (Å²) in [5.74, 6) is 1.32. The van der Waals surface area contributed by atoms with Crippen molar-refractivity contribution in [1.29, 1.82) is 0 Å². The quantitative estimate of drug-likeness (QED) is 0.810. The number of carbonyl (C=O) groups excluding carboxylic acids is 1. The number of hydrogen-bond acceptors (Lipinski definition) is 5. The zero-order valence-electron chi connectivity index (χ0n) is 10.6. The molecule has 0 fully saturated rings. The van der Waals surface area contributed by atoms with E-state index >= 15 is 0 Å². The van der Waals surface area contributed by atoms with Crippen LogP contribution in [-0.2, 0) is 16.1 Å². The fraction of sp³-hybridized carbons (Fsp3) is 0.462. The molecule has 5 heteroatoms. The first-order valence-corrected chi connectivity index (χ1v) is 5.88. The summed E-state index contributed by atoms with van der Waals surface area (Å²) in [6, 6.07) is 3.88. The number of fused-ring (bicyclic) bond motifs is 1. The standard InChI is InChI=1S/C13H17NO4/c1-9-10(7-14-8-12(15)16-2)3-4-11-13(9)18-6-5-17-11/h3-4,14H,5-8H2,1-2H3. The summed E-state index contributed by atoms with van der Waals surface area (Å²) in [5.41, 5.74) is 2.13. The molecule has 18 heavy (non-hydrogen) atoms. The summed E-state index contributed by atoms with van der Waals surface area (Å²) in [4.78, 5) is 11.0. The van der Waals surface area contributed by atoms with Crippen molar-refractivity contribution in [2.24, 2.45) is 0 Å². The van der Waals surface area contributed by atoms with Crippen LogP contribution < -0.4 is 14.8 Å². The molecule has 1 N–H and O–H groups in total. The van der Waals surface area contributed by atoms with E-state index in [1.54, 1.807) is 0 Å². The van der Waals surface area contributed by atoms with E-state index in [4.69, 9.17) is 9.47 Å². The second kappa shape index (κ2) is 5.73. The fourth-order valence-corrected chi connectivity index (χ4v) is 1.86. The molecule has 2 rings (SSSR count). The normalized spacial score (nSPS) is 13.2. The number of methoxy groups -OCH3 is 1. The third-order valence-electron chi connectivity index (χ3n) is 2.88. The Bertz CT molecular complexity index is 445. The molecule has 5 nitrogen and oxygen atoms in total. The average Bonchev–Trinajstić information content (AvgIpc) is 2.41. The Hall–Kier alpha value is -1.75. The zero-order valence-corrected chi connectivity index (χ0v) is 10.6. The lowest BCUT2D eigenvalue weighted by atomic mass is 10.1. The van der Waals surface area contributed by atoms with Crippen LogP contribution >= 0.6 is 0 Å².